The van der Waals surface area contributed by atoms with Crippen LogP contribution in [0.5, 0.6) is 0 Å². The summed E-state index contributed by atoms with van der Waals surface area (Å²) in [5.74, 6) is 0.135. The molecule has 0 bridgehead atoms. The summed E-state index contributed by atoms with van der Waals surface area (Å²) < 4.78 is 5.12. The van der Waals surface area contributed by atoms with Gasteiger partial charge in [-0.1, -0.05) is 13.8 Å². The smallest absolute Gasteiger partial charge is 0.287 e. The summed E-state index contributed by atoms with van der Waals surface area (Å²) in [5, 5.41) is 12.2. The molecule has 1 amide bonds. The van der Waals surface area contributed by atoms with Crippen molar-refractivity contribution in [1.82, 2.24) is 5.32 Å². The van der Waals surface area contributed by atoms with Crippen LogP contribution in [0.3, 0.4) is 0 Å². The van der Waals surface area contributed by atoms with Crippen LogP contribution in [0.25, 0.3) is 0 Å². The van der Waals surface area contributed by atoms with Crippen molar-refractivity contribution in [1.29, 1.82) is 0 Å². The van der Waals surface area contributed by atoms with Gasteiger partial charge in [0.1, 0.15) is 0 Å². The van der Waals surface area contributed by atoms with Gasteiger partial charge >= 0.3 is 0 Å². The first-order chi connectivity index (χ1) is 8.08. The second-order valence-electron chi connectivity index (χ2n) is 4.48. The number of hydrogen-bond acceptors (Lipinski definition) is 3. The first kappa shape index (κ1) is 13.8. The lowest BCUT2D eigenvalue weighted by molar-refractivity contribution is 0.0826. The molecule has 0 aromatic carbocycles. The zero-order valence-electron chi connectivity index (χ0n) is 10.7. The van der Waals surface area contributed by atoms with Crippen LogP contribution in [-0.4, -0.2) is 24.2 Å². The number of furan rings is 1. The quantitative estimate of drug-likeness (QED) is 0.799. The Labute approximate surface area is 102 Å². The van der Waals surface area contributed by atoms with Crippen molar-refractivity contribution in [2.24, 2.45) is 5.41 Å². The van der Waals surface area contributed by atoms with E-state index in [0.29, 0.717) is 12.3 Å². The van der Waals surface area contributed by atoms with Gasteiger partial charge in [0.25, 0.3) is 5.91 Å². The summed E-state index contributed by atoms with van der Waals surface area (Å²) in [5.41, 5.74) is 0.598. The molecule has 4 heteroatoms. The molecule has 1 heterocycles. The summed E-state index contributed by atoms with van der Waals surface area (Å²) in [6.07, 6.45) is 3.16. The predicted octanol–water partition coefficient (Wildman–Crippen LogP) is 2.12. The van der Waals surface area contributed by atoms with Crippen molar-refractivity contribution in [2.75, 3.05) is 13.2 Å². The number of nitrogens with one attached hydrogen (secondary N) is 1. The van der Waals surface area contributed by atoms with Gasteiger partial charge in [-0.3, -0.25) is 4.79 Å². The Balaban J connectivity index is 2.62. The second-order valence-corrected chi connectivity index (χ2v) is 4.48. The maximum Gasteiger partial charge on any atom is 0.287 e. The van der Waals surface area contributed by atoms with E-state index >= 15 is 0 Å². The molecule has 0 atom stereocenters. The number of carbonyl (C=O) groups is 1. The maximum absolute atomic E-state index is 11.8. The lowest BCUT2D eigenvalue weighted by Crippen LogP contribution is -2.39. The number of aliphatic hydroxyl groups is 1. The van der Waals surface area contributed by atoms with Gasteiger partial charge in [0.2, 0.25) is 0 Å². The Kier molecular flexibility index (Phi) is 4.75. The molecule has 0 unspecified atom stereocenters. The van der Waals surface area contributed by atoms with Gasteiger partial charge in [0, 0.05) is 17.5 Å². The van der Waals surface area contributed by atoms with Gasteiger partial charge in [-0.25, -0.2) is 0 Å². The van der Waals surface area contributed by atoms with Crippen LogP contribution in [0, 0.1) is 12.3 Å². The van der Waals surface area contributed by atoms with Gasteiger partial charge < -0.3 is 14.8 Å². The number of amides is 1. The Morgan fingerprint density at radius 3 is 2.53 bits per heavy atom. The Bertz CT molecular complexity index is 358. The van der Waals surface area contributed by atoms with Crippen LogP contribution >= 0.6 is 0 Å². The van der Waals surface area contributed by atoms with Crippen molar-refractivity contribution in [3.63, 3.8) is 0 Å². The molecule has 0 saturated heterocycles. The minimum atomic E-state index is -0.226. The standard InChI is InChI=1S/C13H21NO3/c1-4-13(5-2,9-15)8-14-12(16)11-10(3)6-7-17-11/h6-7,15H,4-5,8-9H2,1-3H3,(H,14,16). The van der Waals surface area contributed by atoms with Gasteiger partial charge in [-0.15, -0.1) is 0 Å². The van der Waals surface area contributed by atoms with E-state index in [0.717, 1.165) is 18.4 Å². The van der Waals surface area contributed by atoms with Gasteiger partial charge in [-0.05, 0) is 25.8 Å². The summed E-state index contributed by atoms with van der Waals surface area (Å²) in [6, 6.07) is 1.76. The molecular formula is C13H21NO3. The number of aryl methyl sites for hydroxylation is 1. The number of aliphatic hydroxyl groups excluding tert-OH is 1. The summed E-state index contributed by atoms with van der Waals surface area (Å²) in [4.78, 5) is 11.8. The third kappa shape index (κ3) is 3.09. The molecule has 0 radical (unpaired) electrons. The molecule has 0 aliphatic heterocycles. The monoisotopic (exact) mass is 239 g/mol. The highest BCUT2D eigenvalue weighted by Gasteiger charge is 2.26. The van der Waals surface area contributed by atoms with E-state index in [2.05, 4.69) is 5.32 Å². The third-order valence-electron chi connectivity index (χ3n) is 3.53. The maximum atomic E-state index is 11.8. The minimum Gasteiger partial charge on any atom is -0.459 e. The van der Waals surface area contributed by atoms with Crippen molar-refractivity contribution >= 4 is 5.91 Å². The van der Waals surface area contributed by atoms with E-state index in [4.69, 9.17) is 4.42 Å². The zero-order chi connectivity index (χ0) is 12.9. The largest absolute Gasteiger partial charge is 0.459 e. The summed E-state index contributed by atoms with van der Waals surface area (Å²) >= 11 is 0. The molecule has 1 rings (SSSR count). The van der Waals surface area contributed by atoms with Crippen LogP contribution in [0.4, 0.5) is 0 Å². The van der Waals surface area contributed by atoms with E-state index in [1.165, 1.54) is 6.26 Å². The fraction of sp³-hybridized carbons (Fsp3) is 0.615. The molecule has 17 heavy (non-hydrogen) atoms. The Morgan fingerprint density at radius 2 is 2.12 bits per heavy atom. The van der Waals surface area contributed by atoms with Gasteiger partial charge in [-0.2, -0.15) is 0 Å². The summed E-state index contributed by atoms with van der Waals surface area (Å²) in [6.45, 7) is 6.41. The van der Waals surface area contributed by atoms with Gasteiger partial charge in [0.05, 0.1) is 12.9 Å². The predicted molar refractivity (Wildman–Crippen MR) is 65.9 cm³/mol. The molecule has 0 aliphatic rings. The van der Waals surface area contributed by atoms with Crippen molar-refractivity contribution in [3.8, 4) is 0 Å². The number of hydrogen-bond donors (Lipinski definition) is 2. The van der Waals surface area contributed by atoms with Gasteiger partial charge in [0.15, 0.2) is 5.76 Å². The Hall–Kier alpha value is -1.29. The first-order valence-corrected chi connectivity index (χ1v) is 6.01. The SMILES string of the molecule is CCC(CC)(CO)CNC(=O)c1occc1C. The molecule has 0 saturated carbocycles. The minimum absolute atomic E-state index is 0.0808. The molecule has 2 N–H and O–H groups in total. The van der Waals surface area contributed by atoms with Crippen LogP contribution in [0.15, 0.2) is 16.7 Å². The highest BCUT2D eigenvalue weighted by Crippen LogP contribution is 2.24. The summed E-state index contributed by atoms with van der Waals surface area (Å²) in [7, 11) is 0. The van der Waals surface area contributed by atoms with Crippen LogP contribution in [0.2, 0.25) is 0 Å². The van der Waals surface area contributed by atoms with Crippen LogP contribution < -0.4 is 5.32 Å². The van der Waals surface area contributed by atoms with E-state index in [9.17, 15) is 9.90 Å². The molecule has 0 aliphatic carbocycles. The van der Waals surface area contributed by atoms with E-state index in [-0.39, 0.29) is 17.9 Å². The second kappa shape index (κ2) is 5.87. The normalized spacial score (nSPS) is 11.5. The lowest BCUT2D eigenvalue weighted by Gasteiger charge is -2.29. The number of rotatable bonds is 6. The fourth-order valence-corrected chi connectivity index (χ4v) is 1.73. The highest BCUT2D eigenvalue weighted by molar-refractivity contribution is 5.92. The third-order valence-corrected chi connectivity index (χ3v) is 3.53. The van der Waals surface area contributed by atoms with E-state index in [1.54, 1.807) is 6.07 Å². The molecule has 0 spiro atoms. The van der Waals surface area contributed by atoms with Crippen LogP contribution in [-0.2, 0) is 0 Å². The van der Waals surface area contributed by atoms with Crippen LogP contribution in [0.1, 0.15) is 42.8 Å². The van der Waals surface area contributed by atoms with Crippen molar-refractivity contribution in [3.05, 3.63) is 23.7 Å². The molecule has 1 aromatic rings. The van der Waals surface area contributed by atoms with E-state index < -0.39 is 0 Å². The lowest BCUT2D eigenvalue weighted by atomic mass is 9.83. The molecule has 4 nitrogen and oxygen atoms in total. The highest BCUT2D eigenvalue weighted by atomic mass is 16.3. The molecular weight excluding hydrogens is 218 g/mol. The topological polar surface area (TPSA) is 62.5 Å². The van der Waals surface area contributed by atoms with E-state index in [1.807, 2.05) is 20.8 Å². The number of carbonyl (C=O) groups excluding carboxylic acids is 1. The van der Waals surface area contributed by atoms with Crippen molar-refractivity contribution < 1.29 is 14.3 Å². The zero-order valence-corrected chi connectivity index (χ0v) is 10.7. The first-order valence-electron chi connectivity index (χ1n) is 6.01. The molecule has 1 aromatic heterocycles. The average Bonchev–Trinajstić information content (AvgIpc) is 2.78. The molecule has 96 valence electrons. The molecule has 0 fully saturated rings. The van der Waals surface area contributed by atoms with Crippen molar-refractivity contribution in [2.45, 2.75) is 33.6 Å². The average molecular weight is 239 g/mol. The fourth-order valence-electron chi connectivity index (χ4n) is 1.73. The Morgan fingerprint density at radius 1 is 1.47 bits per heavy atom.